The molecule has 170 valence electrons. The zero-order valence-electron chi connectivity index (χ0n) is 18.6. The van der Waals surface area contributed by atoms with Crippen LogP contribution in [0.4, 0.5) is 16.0 Å². The van der Waals surface area contributed by atoms with Crippen molar-refractivity contribution < 1.29 is 9.50 Å². The third-order valence-electron chi connectivity index (χ3n) is 6.01. The summed E-state index contributed by atoms with van der Waals surface area (Å²) in [5, 5.41) is 10.6. The molecule has 9 heteroatoms. The molecule has 0 spiro atoms. The SMILES string of the molecule is Cc1cc(C)cc(N2C[C@H](O)Cn3c2nc2c3c(=O)n(Cc3ccc(F)cc3)c(=O)n2C)c1. The van der Waals surface area contributed by atoms with Gasteiger partial charge < -0.3 is 14.6 Å². The van der Waals surface area contributed by atoms with Crippen LogP contribution >= 0.6 is 0 Å². The van der Waals surface area contributed by atoms with Gasteiger partial charge >= 0.3 is 5.69 Å². The molecule has 1 aliphatic heterocycles. The average molecular weight is 449 g/mol. The predicted molar refractivity (Wildman–Crippen MR) is 124 cm³/mol. The third-order valence-corrected chi connectivity index (χ3v) is 6.01. The maximum absolute atomic E-state index is 13.5. The molecule has 2 aromatic carbocycles. The molecule has 0 aliphatic carbocycles. The number of benzene rings is 2. The summed E-state index contributed by atoms with van der Waals surface area (Å²) >= 11 is 0. The Morgan fingerprint density at radius 3 is 2.39 bits per heavy atom. The lowest BCUT2D eigenvalue weighted by molar-refractivity contribution is 0.154. The van der Waals surface area contributed by atoms with E-state index in [0.717, 1.165) is 21.4 Å². The van der Waals surface area contributed by atoms with E-state index in [1.807, 2.05) is 30.9 Å². The van der Waals surface area contributed by atoms with Gasteiger partial charge in [0, 0.05) is 12.7 Å². The quantitative estimate of drug-likeness (QED) is 0.519. The van der Waals surface area contributed by atoms with Gasteiger partial charge in [-0.05, 0) is 54.8 Å². The van der Waals surface area contributed by atoms with Gasteiger partial charge in [-0.25, -0.2) is 9.18 Å². The Hall–Kier alpha value is -3.72. The van der Waals surface area contributed by atoms with Crippen LogP contribution in [0, 0.1) is 19.7 Å². The number of nitrogens with zero attached hydrogens (tertiary/aromatic N) is 5. The minimum absolute atomic E-state index is 0.00554. The van der Waals surface area contributed by atoms with Crippen LogP contribution in [0.1, 0.15) is 16.7 Å². The summed E-state index contributed by atoms with van der Waals surface area (Å²) in [5.41, 5.74) is 3.14. The van der Waals surface area contributed by atoms with Crippen molar-refractivity contribution in [2.75, 3.05) is 11.4 Å². The largest absolute Gasteiger partial charge is 0.389 e. The lowest BCUT2D eigenvalue weighted by atomic mass is 10.1. The van der Waals surface area contributed by atoms with Crippen LogP contribution in [0.25, 0.3) is 11.2 Å². The van der Waals surface area contributed by atoms with Crippen LogP contribution in [0.5, 0.6) is 0 Å². The van der Waals surface area contributed by atoms with Crippen LogP contribution < -0.4 is 16.1 Å². The Morgan fingerprint density at radius 2 is 1.73 bits per heavy atom. The van der Waals surface area contributed by atoms with E-state index < -0.39 is 17.4 Å². The third kappa shape index (κ3) is 3.54. The van der Waals surface area contributed by atoms with Gasteiger partial charge in [0.05, 0.1) is 25.7 Å². The molecule has 0 saturated heterocycles. The van der Waals surface area contributed by atoms with Gasteiger partial charge in [-0.2, -0.15) is 4.98 Å². The highest BCUT2D eigenvalue weighted by Gasteiger charge is 2.30. The minimum atomic E-state index is -0.724. The summed E-state index contributed by atoms with van der Waals surface area (Å²) in [6.07, 6.45) is -0.724. The molecule has 2 aromatic heterocycles. The van der Waals surface area contributed by atoms with Crippen molar-refractivity contribution in [2.45, 2.75) is 33.0 Å². The van der Waals surface area contributed by atoms with E-state index in [1.165, 1.54) is 16.7 Å². The van der Waals surface area contributed by atoms with Crippen molar-refractivity contribution >= 4 is 22.8 Å². The Balaban J connectivity index is 1.72. The summed E-state index contributed by atoms with van der Waals surface area (Å²) in [5.74, 6) is 0.117. The second-order valence-electron chi connectivity index (χ2n) is 8.66. The molecule has 0 radical (unpaired) electrons. The molecule has 1 aliphatic rings. The topological polar surface area (TPSA) is 85.3 Å². The second kappa shape index (κ2) is 7.70. The van der Waals surface area contributed by atoms with Crippen molar-refractivity contribution in [1.82, 2.24) is 18.7 Å². The van der Waals surface area contributed by atoms with Gasteiger partial charge in [-0.15, -0.1) is 0 Å². The average Bonchev–Trinajstić information content (AvgIpc) is 3.15. The first-order chi connectivity index (χ1) is 15.7. The molecule has 3 heterocycles. The van der Waals surface area contributed by atoms with E-state index in [-0.39, 0.29) is 30.1 Å². The fourth-order valence-electron chi connectivity index (χ4n) is 4.54. The lowest BCUT2D eigenvalue weighted by Gasteiger charge is -2.32. The zero-order valence-corrected chi connectivity index (χ0v) is 18.6. The normalized spacial score (nSPS) is 15.8. The number of imidazole rings is 1. The first-order valence-electron chi connectivity index (χ1n) is 10.7. The van der Waals surface area contributed by atoms with Gasteiger partial charge in [-0.3, -0.25) is 13.9 Å². The summed E-state index contributed by atoms with van der Waals surface area (Å²) in [6, 6.07) is 11.7. The Kier molecular flexibility index (Phi) is 4.93. The summed E-state index contributed by atoms with van der Waals surface area (Å²) in [6.45, 7) is 4.52. The second-order valence-corrected chi connectivity index (χ2v) is 8.66. The van der Waals surface area contributed by atoms with E-state index in [0.29, 0.717) is 18.1 Å². The molecule has 5 rings (SSSR count). The van der Waals surface area contributed by atoms with Crippen LogP contribution in [0.3, 0.4) is 0 Å². The monoisotopic (exact) mass is 449 g/mol. The van der Waals surface area contributed by atoms with E-state index >= 15 is 0 Å². The van der Waals surface area contributed by atoms with Crippen molar-refractivity contribution in [3.05, 3.63) is 85.8 Å². The maximum atomic E-state index is 13.5. The number of aromatic nitrogens is 4. The van der Waals surface area contributed by atoms with Crippen molar-refractivity contribution in [1.29, 1.82) is 0 Å². The molecule has 4 aromatic rings. The maximum Gasteiger partial charge on any atom is 0.332 e. The van der Waals surface area contributed by atoms with Crippen LogP contribution in [0.15, 0.2) is 52.1 Å². The highest BCUT2D eigenvalue weighted by molar-refractivity contribution is 5.77. The number of rotatable bonds is 3. The highest BCUT2D eigenvalue weighted by Crippen LogP contribution is 2.32. The molecule has 1 N–H and O–H groups in total. The van der Waals surface area contributed by atoms with Gasteiger partial charge in [0.2, 0.25) is 5.95 Å². The molecule has 33 heavy (non-hydrogen) atoms. The van der Waals surface area contributed by atoms with Gasteiger partial charge in [0.1, 0.15) is 5.82 Å². The Labute approximate surface area is 188 Å². The number of halogens is 1. The molecule has 0 saturated carbocycles. The van der Waals surface area contributed by atoms with Gasteiger partial charge in [0.25, 0.3) is 5.56 Å². The smallest absolute Gasteiger partial charge is 0.332 e. The van der Waals surface area contributed by atoms with Gasteiger partial charge in [-0.1, -0.05) is 18.2 Å². The van der Waals surface area contributed by atoms with Crippen LogP contribution in [-0.2, 0) is 20.1 Å². The van der Waals surface area contributed by atoms with E-state index in [1.54, 1.807) is 23.7 Å². The molecular weight excluding hydrogens is 425 g/mol. The number of aliphatic hydroxyl groups is 1. The Morgan fingerprint density at radius 1 is 1.06 bits per heavy atom. The highest BCUT2D eigenvalue weighted by atomic mass is 19.1. The van der Waals surface area contributed by atoms with Gasteiger partial charge in [0.15, 0.2) is 11.2 Å². The summed E-state index contributed by atoms with van der Waals surface area (Å²) in [4.78, 5) is 33.1. The van der Waals surface area contributed by atoms with E-state index in [4.69, 9.17) is 0 Å². The van der Waals surface area contributed by atoms with Crippen molar-refractivity contribution in [3.63, 3.8) is 0 Å². The number of anilines is 2. The number of aliphatic hydroxyl groups excluding tert-OH is 1. The first kappa shape index (κ1) is 21.1. The van der Waals surface area contributed by atoms with Crippen LogP contribution in [-0.4, -0.2) is 36.4 Å². The standard InChI is InChI=1S/C24H24FN5O3/c1-14-8-15(2)10-18(9-14)28-12-19(31)13-29-20-21(26-23(28)29)27(3)24(33)30(22(20)32)11-16-4-6-17(25)7-5-16/h4-10,19,31H,11-13H2,1-3H3/t19-/m0/s1. The number of fused-ring (bicyclic) bond motifs is 3. The summed E-state index contributed by atoms with van der Waals surface area (Å²) < 4.78 is 17.4. The summed E-state index contributed by atoms with van der Waals surface area (Å²) in [7, 11) is 1.57. The number of hydrogen-bond acceptors (Lipinski definition) is 5. The number of hydrogen-bond donors (Lipinski definition) is 1. The predicted octanol–water partition coefficient (Wildman–Crippen LogP) is 2.21. The van der Waals surface area contributed by atoms with E-state index in [2.05, 4.69) is 11.1 Å². The Bertz CT molecular complexity index is 1480. The molecule has 0 fully saturated rings. The minimum Gasteiger partial charge on any atom is -0.389 e. The lowest BCUT2D eigenvalue weighted by Crippen LogP contribution is -2.42. The van der Waals surface area contributed by atoms with Crippen molar-refractivity contribution in [3.8, 4) is 0 Å². The van der Waals surface area contributed by atoms with E-state index in [9.17, 15) is 19.1 Å². The molecule has 0 amide bonds. The molecule has 0 unspecified atom stereocenters. The molecule has 0 bridgehead atoms. The number of β-amino-alcohol motifs (C(OH)–C–C–N with tert-alkyl or cyclic N) is 1. The molecule has 8 nitrogen and oxygen atoms in total. The molecule has 1 atom stereocenters. The number of aryl methyl sites for hydroxylation is 3. The first-order valence-corrected chi connectivity index (χ1v) is 10.7. The molecular formula is C24H24FN5O3. The van der Waals surface area contributed by atoms with Crippen LogP contribution in [0.2, 0.25) is 0 Å². The fourth-order valence-corrected chi connectivity index (χ4v) is 4.54. The van der Waals surface area contributed by atoms with Crippen molar-refractivity contribution in [2.24, 2.45) is 7.05 Å². The fraction of sp³-hybridized carbons (Fsp3) is 0.292. The zero-order chi connectivity index (χ0) is 23.4.